The number of hydrogen-bond donors (Lipinski definition) is 3. The van der Waals surface area contributed by atoms with E-state index in [0.29, 0.717) is 41.6 Å². The number of likely N-dealkylation sites (tertiary alicyclic amines) is 1. The second-order valence-corrected chi connectivity index (χ2v) is 14.5. The molecule has 3 aliphatic rings. The molecule has 3 fully saturated rings. The Balaban J connectivity index is 1.36. The lowest BCUT2D eigenvalue weighted by Gasteiger charge is -2.37. The minimum atomic E-state index is -0.935. The van der Waals surface area contributed by atoms with Gasteiger partial charge in [-0.1, -0.05) is 70.0 Å². The van der Waals surface area contributed by atoms with Crippen molar-refractivity contribution >= 4 is 68.4 Å². The number of thioether (sulfide) groups is 1. The van der Waals surface area contributed by atoms with Crippen LogP contribution in [0.5, 0.6) is 5.75 Å². The molecule has 2 bridgehead atoms. The van der Waals surface area contributed by atoms with Gasteiger partial charge in [0, 0.05) is 15.8 Å². The highest BCUT2D eigenvalue weighted by atomic mass is 79.9. The number of benzene rings is 3. The highest BCUT2D eigenvalue weighted by molar-refractivity contribution is 9.09. The molecule has 0 aliphatic carbocycles. The van der Waals surface area contributed by atoms with E-state index in [-0.39, 0.29) is 34.4 Å². The molecule has 0 radical (unpaired) electrons. The topological polar surface area (TPSA) is 108 Å². The first-order valence-corrected chi connectivity index (χ1v) is 16.8. The zero-order valence-electron chi connectivity index (χ0n) is 24.0. The maximum absolute atomic E-state index is 14.6. The van der Waals surface area contributed by atoms with Crippen LogP contribution in [0.15, 0.2) is 78.9 Å². The van der Waals surface area contributed by atoms with Crippen LogP contribution in [-0.2, 0) is 20.8 Å². The predicted molar refractivity (Wildman–Crippen MR) is 176 cm³/mol. The molecule has 8 nitrogen and oxygen atoms in total. The molecule has 1 spiro atoms. The SMILES string of the molecule is CCOc1ccc(NC(=O)[C@H]2[C@H]3C(=O)N([C@@H](CO)Cc4ccccc4)C(C(=O)Nc4ccccc4Cl)C34CC(Br)[C@@H]2S4)cc1. The monoisotopic (exact) mass is 697 g/mol. The van der Waals surface area contributed by atoms with Crippen LogP contribution in [0.25, 0.3) is 0 Å². The molecule has 0 saturated carbocycles. The Hall–Kier alpha value is -3.05. The van der Waals surface area contributed by atoms with Crippen molar-refractivity contribution < 1.29 is 24.2 Å². The molecule has 3 amide bonds. The normalized spacial score (nSPS) is 27.6. The first-order chi connectivity index (χ1) is 21.3. The summed E-state index contributed by atoms with van der Waals surface area (Å²) in [4.78, 5) is 44.3. The summed E-state index contributed by atoms with van der Waals surface area (Å²) in [5, 5.41) is 16.8. The van der Waals surface area contributed by atoms with E-state index in [1.807, 2.05) is 37.3 Å². The number of halogens is 2. The third kappa shape index (κ3) is 5.50. The number of para-hydroxylation sites is 1. The van der Waals surface area contributed by atoms with E-state index in [0.717, 1.165) is 5.56 Å². The van der Waals surface area contributed by atoms with Gasteiger partial charge < -0.3 is 25.4 Å². The third-order valence-corrected chi connectivity index (χ3v) is 12.3. The van der Waals surface area contributed by atoms with Gasteiger partial charge >= 0.3 is 0 Å². The maximum atomic E-state index is 14.6. The zero-order valence-corrected chi connectivity index (χ0v) is 27.1. The van der Waals surface area contributed by atoms with Crippen molar-refractivity contribution in [3.05, 3.63) is 89.4 Å². The molecule has 44 heavy (non-hydrogen) atoms. The standard InChI is InChI=1S/C33H33BrClN3O5S/c1-2-43-22-14-12-20(13-15-22)36-30(40)26-27-32(42)38(21(18-39)16-19-8-4-3-5-9-19)29(33(27)17-23(34)28(26)44-33)31(41)37-25-11-7-6-10-24(25)35/h3-15,21,23,26-29,39H,2,16-18H2,1H3,(H,36,40)(H,37,41)/t21-,23?,26+,27+,28+,29?,33?/m1/s1. The van der Waals surface area contributed by atoms with Crippen LogP contribution in [-0.4, -0.2) is 67.8 Å². The minimum Gasteiger partial charge on any atom is -0.494 e. The van der Waals surface area contributed by atoms with Crippen molar-refractivity contribution in [3.63, 3.8) is 0 Å². The fourth-order valence-electron chi connectivity index (χ4n) is 6.99. The molecule has 3 heterocycles. The number of anilines is 2. The Morgan fingerprint density at radius 2 is 1.77 bits per heavy atom. The second kappa shape index (κ2) is 12.7. The van der Waals surface area contributed by atoms with Gasteiger partial charge in [-0.05, 0) is 61.7 Å². The van der Waals surface area contributed by atoms with Crippen molar-refractivity contribution in [3.8, 4) is 5.75 Å². The Morgan fingerprint density at radius 3 is 2.45 bits per heavy atom. The van der Waals surface area contributed by atoms with E-state index in [4.69, 9.17) is 16.3 Å². The lowest BCUT2D eigenvalue weighted by Crippen LogP contribution is -2.55. The van der Waals surface area contributed by atoms with Crippen molar-refractivity contribution in [1.82, 2.24) is 4.90 Å². The zero-order chi connectivity index (χ0) is 31.0. The number of alkyl halides is 1. The number of amides is 3. The summed E-state index contributed by atoms with van der Waals surface area (Å²) in [7, 11) is 0. The van der Waals surface area contributed by atoms with Gasteiger partial charge in [-0.3, -0.25) is 14.4 Å². The number of nitrogens with zero attached hydrogens (tertiary/aromatic N) is 1. The molecule has 11 heteroatoms. The summed E-state index contributed by atoms with van der Waals surface area (Å²) in [6.45, 7) is 2.10. The Morgan fingerprint density at radius 1 is 1.07 bits per heavy atom. The van der Waals surface area contributed by atoms with Gasteiger partial charge in [0.25, 0.3) is 0 Å². The minimum absolute atomic E-state index is 0.0927. The largest absolute Gasteiger partial charge is 0.494 e. The van der Waals surface area contributed by atoms with Crippen molar-refractivity contribution in [2.24, 2.45) is 11.8 Å². The molecule has 3 aromatic carbocycles. The summed E-state index contributed by atoms with van der Waals surface area (Å²) in [5.74, 6) is -1.69. The van der Waals surface area contributed by atoms with Gasteiger partial charge in [0.15, 0.2) is 0 Å². The number of fused-ring (bicyclic) bond motifs is 1. The number of ether oxygens (including phenoxy) is 1. The molecule has 230 valence electrons. The Bertz CT molecular complexity index is 1550. The Kier molecular flexibility index (Phi) is 8.97. The number of nitrogens with one attached hydrogen (secondary N) is 2. The van der Waals surface area contributed by atoms with E-state index >= 15 is 0 Å². The summed E-state index contributed by atoms with van der Waals surface area (Å²) < 4.78 is 4.64. The van der Waals surface area contributed by atoms with Crippen LogP contribution in [0.4, 0.5) is 11.4 Å². The van der Waals surface area contributed by atoms with Crippen molar-refractivity contribution in [2.45, 2.75) is 46.7 Å². The third-order valence-electron chi connectivity index (χ3n) is 8.76. The smallest absolute Gasteiger partial charge is 0.248 e. The van der Waals surface area contributed by atoms with Crippen LogP contribution >= 0.6 is 39.3 Å². The lowest BCUT2D eigenvalue weighted by molar-refractivity contribution is -0.141. The van der Waals surface area contributed by atoms with E-state index < -0.39 is 28.7 Å². The Labute approximate surface area is 274 Å². The van der Waals surface area contributed by atoms with Crippen LogP contribution in [0.1, 0.15) is 18.9 Å². The fraction of sp³-hybridized carbons (Fsp3) is 0.364. The summed E-state index contributed by atoms with van der Waals surface area (Å²) in [6.07, 6.45) is 0.878. The molecule has 3 saturated heterocycles. The maximum Gasteiger partial charge on any atom is 0.248 e. The molecule has 3 aliphatic heterocycles. The van der Waals surface area contributed by atoms with Crippen LogP contribution in [0, 0.1) is 11.8 Å². The number of aliphatic hydroxyl groups excluding tert-OH is 1. The molecule has 3 N–H and O–H groups in total. The first kappa shape index (κ1) is 31.0. The molecular weight excluding hydrogens is 666 g/mol. The summed E-state index contributed by atoms with van der Waals surface area (Å²) in [5.41, 5.74) is 1.96. The molecule has 0 aromatic heterocycles. The van der Waals surface area contributed by atoms with Gasteiger partial charge in [0.05, 0.1) is 46.5 Å². The molecule has 7 atom stereocenters. The summed E-state index contributed by atoms with van der Waals surface area (Å²) >= 11 is 11.8. The number of hydrogen-bond acceptors (Lipinski definition) is 6. The summed E-state index contributed by atoms with van der Waals surface area (Å²) in [6, 6.07) is 22.0. The van der Waals surface area contributed by atoms with Crippen LogP contribution < -0.4 is 15.4 Å². The molecule has 6 rings (SSSR count). The van der Waals surface area contributed by atoms with E-state index in [2.05, 4.69) is 26.6 Å². The second-order valence-electron chi connectivity index (χ2n) is 11.4. The molecule has 3 aromatic rings. The predicted octanol–water partition coefficient (Wildman–Crippen LogP) is 5.38. The number of rotatable bonds is 10. The van der Waals surface area contributed by atoms with Gasteiger partial charge in [-0.15, -0.1) is 11.8 Å². The van der Waals surface area contributed by atoms with Crippen molar-refractivity contribution in [2.75, 3.05) is 23.8 Å². The van der Waals surface area contributed by atoms with E-state index in [1.54, 1.807) is 65.2 Å². The molecular formula is C33H33BrClN3O5S. The first-order valence-electron chi connectivity index (χ1n) is 14.7. The van der Waals surface area contributed by atoms with Crippen LogP contribution in [0.3, 0.4) is 0 Å². The van der Waals surface area contributed by atoms with Crippen LogP contribution in [0.2, 0.25) is 5.02 Å². The average Bonchev–Trinajstić information content (AvgIpc) is 3.62. The number of carbonyl (C=O) groups is 3. The van der Waals surface area contributed by atoms with Gasteiger partial charge in [-0.2, -0.15) is 0 Å². The number of aliphatic hydroxyl groups is 1. The van der Waals surface area contributed by atoms with Gasteiger partial charge in [0.1, 0.15) is 11.8 Å². The van der Waals surface area contributed by atoms with Gasteiger partial charge in [0.2, 0.25) is 17.7 Å². The van der Waals surface area contributed by atoms with Gasteiger partial charge in [-0.25, -0.2) is 0 Å². The quantitative estimate of drug-likeness (QED) is 0.246. The van der Waals surface area contributed by atoms with E-state index in [1.165, 1.54) is 0 Å². The lowest BCUT2D eigenvalue weighted by atomic mass is 9.70. The average molecular weight is 699 g/mol. The fourth-order valence-corrected chi connectivity index (χ4v) is 10.8. The van der Waals surface area contributed by atoms with Crippen molar-refractivity contribution in [1.29, 1.82) is 0 Å². The molecule has 3 unspecified atom stereocenters. The highest BCUT2D eigenvalue weighted by Crippen LogP contribution is 2.68. The highest BCUT2D eigenvalue weighted by Gasteiger charge is 2.76. The van der Waals surface area contributed by atoms with E-state index in [9.17, 15) is 19.5 Å². The number of carbonyl (C=O) groups excluding carboxylic acids is 3.